The van der Waals surface area contributed by atoms with Gasteiger partial charge in [-0.05, 0) is 43.3 Å². The van der Waals surface area contributed by atoms with Crippen molar-refractivity contribution in [3.05, 3.63) is 54.6 Å². The first-order valence-corrected chi connectivity index (χ1v) is 7.05. The summed E-state index contributed by atoms with van der Waals surface area (Å²) in [7, 11) is 0. The number of benzene rings is 2. The van der Waals surface area contributed by atoms with Crippen LogP contribution in [-0.2, 0) is 9.59 Å². The van der Waals surface area contributed by atoms with Crippen LogP contribution in [0.2, 0.25) is 0 Å². The van der Waals surface area contributed by atoms with Crippen molar-refractivity contribution in [2.24, 2.45) is 0 Å². The third-order valence-electron chi connectivity index (χ3n) is 2.87. The van der Waals surface area contributed by atoms with E-state index in [0.29, 0.717) is 17.1 Å². The van der Waals surface area contributed by atoms with Gasteiger partial charge in [0.2, 0.25) is 5.91 Å². The van der Waals surface area contributed by atoms with E-state index in [2.05, 4.69) is 16.0 Å². The lowest BCUT2D eigenvalue weighted by atomic mass is 10.2. The number of anilines is 3. The molecule has 0 radical (unpaired) electrons. The molecule has 0 fully saturated rings. The van der Waals surface area contributed by atoms with E-state index in [1.54, 1.807) is 36.4 Å². The molecule has 0 aliphatic heterocycles. The molecule has 0 saturated heterocycles. The Balaban J connectivity index is 1.88. The normalized spacial score (nSPS) is 9.78. The maximum atomic E-state index is 11.8. The molecular weight excluding hydrogens is 294 g/mol. The van der Waals surface area contributed by atoms with E-state index in [-0.39, 0.29) is 24.1 Å². The number of hydrogen-bond acceptors (Lipinski definition) is 3. The van der Waals surface area contributed by atoms with Crippen LogP contribution >= 0.6 is 0 Å². The van der Waals surface area contributed by atoms with Crippen LogP contribution < -0.4 is 16.0 Å². The summed E-state index contributed by atoms with van der Waals surface area (Å²) in [5.41, 5.74) is 1.84. The lowest BCUT2D eigenvalue weighted by Gasteiger charge is -2.09. The van der Waals surface area contributed by atoms with Gasteiger partial charge in [0.1, 0.15) is 5.78 Å². The number of carbonyl (C=O) groups excluding carboxylic acids is 3. The monoisotopic (exact) mass is 311 g/mol. The third kappa shape index (κ3) is 5.62. The molecule has 0 heterocycles. The van der Waals surface area contributed by atoms with Gasteiger partial charge in [-0.2, -0.15) is 0 Å². The first kappa shape index (κ1) is 16.2. The molecule has 0 aliphatic carbocycles. The number of hydrogen-bond donors (Lipinski definition) is 3. The molecule has 0 aromatic heterocycles. The standard InChI is InChI=1S/C17H17N3O3/c1-12(21)11-16(22)18-14-7-9-15(10-8-14)20-17(23)19-13-5-3-2-4-6-13/h2-10H,11H2,1H3,(H,18,22)(H2,19,20,23). The van der Waals surface area contributed by atoms with Crippen molar-refractivity contribution < 1.29 is 14.4 Å². The molecule has 0 bridgehead atoms. The van der Waals surface area contributed by atoms with E-state index < -0.39 is 0 Å². The van der Waals surface area contributed by atoms with E-state index in [1.165, 1.54) is 6.92 Å². The number of carbonyl (C=O) groups is 3. The molecule has 6 heteroatoms. The second-order valence-electron chi connectivity index (χ2n) is 4.95. The molecule has 0 unspecified atom stereocenters. The average Bonchev–Trinajstić information content (AvgIpc) is 2.49. The van der Waals surface area contributed by atoms with Crippen LogP contribution in [0.25, 0.3) is 0 Å². The maximum absolute atomic E-state index is 11.8. The number of amides is 3. The predicted octanol–water partition coefficient (Wildman–Crippen LogP) is 3.25. The molecule has 0 aliphatic rings. The second kappa shape index (κ2) is 7.74. The Morgan fingerprint density at radius 2 is 1.22 bits per heavy atom. The summed E-state index contributed by atoms with van der Waals surface area (Å²) in [5.74, 6) is -0.557. The zero-order valence-corrected chi connectivity index (χ0v) is 12.6. The SMILES string of the molecule is CC(=O)CC(=O)Nc1ccc(NC(=O)Nc2ccccc2)cc1. The zero-order chi connectivity index (χ0) is 16.7. The zero-order valence-electron chi connectivity index (χ0n) is 12.6. The van der Waals surface area contributed by atoms with Gasteiger partial charge in [0.05, 0.1) is 6.42 Å². The van der Waals surface area contributed by atoms with E-state index in [4.69, 9.17) is 0 Å². The Hall–Kier alpha value is -3.15. The van der Waals surface area contributed by atoms with Gasteiger partial charge in [-0.15, -0.1) is 0 Å². The van der Waals surface area contributed by atoms with Crippen LogP contribution in [-0.4, -0.2) is 17.7 Å². The van der Waals surface area contributed by atoms with E-state index in [0.717, 1.165) is 0 Å². The largest absolute Gasteiger partial charge is 0.326 e. The van der Waals surface area contributed by atoms with Crippen molar-refractivity contribution in [1.82, 2.24) is 0 Å². The van der Waals surface area contributed by atoms with E-state index in [9.17, 15) is 14.4 Å². The molecule has 2 aromatic carbocycles. The number of Topliss-reactive ketones (excluding diaryl/α,β-unsaturated/α-hetero) is 1. The van der Waals surface area contributed by atoms with Gasteiger partial charge in [-0.3, -0.25) is 9.59 Å². The van der Waals surface area contributed by atoms with E-state index in [1.807, 2.05) is 18.2 Å². The Kier molecular flexibility index (Phi) is 5.46. The van der Waals surface area contributed by atoms with Gasteiger partial charge in [-0.1, -0.05) is 18.2 Å². The van der Waals surface area contributed by atoms with Crippen LogP contribution in [0.4, 0.5) is 21.9 Å². The van der Waals surface area contributed by atoms with Crippen LogP contribution in [0, 0.1) is 0 Å². The Morgan fingerprint density at radius 1 is 0.739 bits per heavy atom. The molecule has 2 aromatic rings. The smallest absolute Gasteiger partial charge is 0.323 e. The first-order chi connectivity index (χ1) is 11.0. The number of urea groups is 1. The lowest BCUT2D eigenvalue weighted by molar-refractivity contribution is -0.124. The molecule has 2 rings (SSSR count). The van der Waals surface area contributed by atoms with Crippen molar-refractivity contribution in [3.8, 4) is 0 Å². The van der Waals surface area contributed by atoms with Crippen LogP contribution in [0.1, 0.15) is 13.3 Å². The maximum Gasteiger partial charge on any atom is 0.323 e. The highest BCUT2D eigenvalue weighted by molar-refractivity contribution is 6.04. The Labute approximate surface area is 133 Å². The summed E-state index contributed by atoms with van der Waals surface area (Å²) in [4.78, 5) is 34.2. The van der Waals surface area contributed by atoms with Gasteiger partial charge in [-0.25, -0.2) is 4.79 Å². The van der Waals surface area contributed by atoms with Crippen LogP contribution in [0.5, 0.6) is 0 Å². The molecule has 23 heavy (non-hydrogen) atoms. The van der Waals surface area contributed by atoms with Gasteiger partial charge in [0.25, 0.3) is 0 Å². The first-order valence-electron chi connectivity index (χ1n) is 7.05. The van der Waals surface area contributed by atoms with Gasteiger partial charge in [0.15, 0.2) is 0 Å². The van der Waals surface area contributed by atoms with Crippen molar-refractivity contribution in [2.45, 2.75) is 13.3 Å². The summed E-state index contributed by atoms with van der Waals surface area (Å²) in [6.45, 7) is 1.36. The van der Waals surface area contributed by atoms with Crippen molar-refractivity contribution in [3.63, 3.8) is 0 Å². The summed E-state index contributed by atoms with van der Waals surface area (Å²) in [5, 5.41) is 7.99. The van der Waals surface area contributed by atoms with Gasteiger partial charge < -0.3 is 16.0 Å². The minimum Gasteiger partial charge on any atom is -0.326 e. The predicted molar refractivity (Wildman–Crippen MR) is 89.5 cm³/mol. The van der Waals surface area contributed by atoms with Crippen molar-refractivity contribution >= 4 is 34.8 Å². The molecule has 3 amide bonds. The molecule has 0 saturated carbocycles. The summed E-state index contributed by atoms with van der Waals surface area (Å²) in [6, 6.07) is 15.4. The molecular formula is C17H17N3O3. The summed E-state index contributed by atoms with van der Waals surface area (Å²) < 4.78 is 0. The topological polar surface area (TPSA) is 87.3 Å². The Morgan fingerprint density at radius 3 is 1.74 bits per heavy atom. The average molecular weight is 311 g/mol. The van der Waals surface area contributed by atoms with Gasteiger partial charge >= 0.3 is 6.03 Å². The fourth-order valence-electron chi connectivity index (χ4n) is 1.88. The minimum absolute atomic E-state index is 0.153. The number of nitrogens with one attached hydrogen (secondary N) is 3. The second-order valence-corrected chi connectivity index (χ2v) is 4.95. The summed E-state index contributed by atoms with van der Waals surface area (Å²) >= 11 is 0. The Bertz CT molecular complexity index is 697. The molecule has 0 atom stereocenters. The van der Waals surface area contributed by atoms with Crippen molar-refractivity contribution in [2.75, 3.05) is 16.0 Å². The van der Waals surface area contributed by atoms with Crippen LogP contribution in [0.3, 0.4) is 0 Å². The molecule has 3 N–H and O–H groups in total. The van der Waals surface area contributed by atoms with Gasteiger partial charge in [0, 0.05) is 17.1 Å². The fraction of sp³-hybridized carbons (Fsp3) is 0.118. The highest BCUT2D eigenvalue weighted by Crippen LogP contribution is 2.14. The fourth-order valence-corrected chi connectivity index (χ4v) is 1.88. The molecule has 6 nitrogen and oxygen atoms in total. The number of rotatable bonds is 5. The highest BCUT2D eigenvalue weighted by atomic mass is 16.2. The van der Waals surface area contributed by atoms with Crippen molar-refractivity contribution in [1.29, 1.82) is 0 Å². The third-order valence-corrected chi connectivity index (χ3v) is 2.87. The molecule has 0 spiro atoms. The minimum atomic E-state index is -0.361. The number of ketones is 1. The quantitative estimate of drug-likeness (QED) is 0.741. The lowest BCUT2D eigenvalue weighted by Crippen LogP contribution is -2.19. The summed E-state index contributed by atoms with van der Waals surface area (Å²) in [6.07, 6.45) is -0.153. The van der Waals surface area contributed by atoms with Crippen LogP contribution in [0.15, 0.2) is 54.6 Å². The molecule has 118 valence electrons. The highest BCUT2D eigenvalue weighted by Gasteiger charge is 2.06. The van der Waals surface area contributed by atoms with E-state index >= 15 is 0 Å². The number of para-hydroxylation sites is 1.